The molecular formula is C13H14N6O. The number of azo groups is 3. The van der Waals surface area contributed by atoms with E-state index in [1.54, 1.807) is 13.1 Å². The Kier molecular flexibility index (Phi) is 4.82. The van der Waals surface area contributed by atoms with E-state index in [0.29, 0.717) is 5.69 Å². The third-order valence-electron chi connectivity index (χ3n) is 2.55. The summed E-state index contributed by atoms with van der Waals surface area (Å²) in [6, 6.07) is 11.1. The Morgan fingerprint density at radius 3 is 2.45 bits per heavy atom. The van der Waals surface area contributed by atoms with Gasteiger partial charge in [0.05, 0.1) is 0 Å². The minimum Gasteiger partial charge on any atom is -0.505 e. The second kappa shape index (κ2) is 7.03. The number of aromatic hydroxyl groups is 1. The lowest BCUT2D eigenvalue weighted by Crippen LogP contribution is -1.76. The molecule has 0 saturated heterocycles. The fraction of sp³-hybridized carbons (Fsp3) is 0.231. The molecule has 2 aromatic carbocycles. The fourth-order valence-electron chi connectivity index (χ4n) is 1.64. The first kappa shape index (κ1) is 13.7. The van der Waals surface area contributed by atoms with E-state index >= 15 is 0 Å². The Morgan fingerprint density at radius 1 is 0.900 bits per heavy atom. The minimum absolute atomic E-state index is 0.0888. The Hall–Kier alpha value is -2.70. The molecule has 0 aliphatic heterocycles. The van der Waals surface area contributed by atoms with Crippen LogP contribution in [0.3, 0.4) is 0 Å². The molecule has 0 aliphatic rings. The van der Waals surface area contributed by atoms with Gasteiger partial charge in [0.25, 0.3) is 0 Å². The monoisotopic (exact) mass is 270 g/mol. The van der Waals surface area contributed by atoms with Crippen LogP contribution in [0.15, 0.2) is 67.1 Å². The maximum Gasteiger partial charge on any atom is 0.171 e. The van der Waals surface area contributed by atoms with Gasteiger partial charge in [0.1, 0.15) is 5.69 Å². The average molecular weight is 270 g/mol. The summed E-state index contributed by atoms with van der Waals surface area (Å²) in [6.45, 7) is 0.277. The molecule has 20 heavy (non-hydrogen) atoms. The number of rotatable bonds is 5. The van der Waals surface area contributed by atoms with Crippen LogP contribution in [0, 0.1) is 0 Å². The first-order chi connectivity index (χ1) is 9.83. The van der Waals surface area contributed by atoms with Crippen LogP contribution in [0.1, 0.15) is 0 Å². The molecule has 1 N–H and O–H groups in total. The summed E-state index contributed by atoms with van der Waals surface area (Å²) >= 11 is 0. The van der Waals surface area contributed by atoms with Gasteiger partial charge in [0.2, 0.25) is 0 Å². The number of phenolic OH excluding ortho intramolecular Hbond substituents is 1. The highest BCUT2D eigenvalue weighted by Crippen LogP contribution is 2.34. The van der Waals surface area contributed by atoms with Crippen molar-refractivity contribution < 1.29 is 5.11 Å². The van der Waals surface area contributed by atoms with Crippen molar-refractivity contribution in [2.45, 2.75) is 0 Å². The molecule has 0 bridgehead atoms. The van der Waals surface area contributed by atoms with Crippen LogP contribution < -0.4 is 0 Å². The van der Waals surface area contributed by atoms with Gasteiger partial charge in [0, 0.05) is 12.4 Å². The second-order valence-corrected chi connectivity index (χ2v) is 3.80. The standard InChI is InChI=1S/C13H14N6O/c1-14-15-8-16-17-9-18-19-12-7-6-10-4-2-3-5-11(10)13(12)20/h2-7,20H,8-9H2,1H3. The van der Waals surface area contributed by atoms with E-state index < -0.39 is 0 Å². The molecule has 7 nitrogen and oxygen atoms in total. The molecular weight excluding hydrogens is 256 g/mol. The van der Waals surface area contributed by atoms with Crippen molar-refractivity contribution in [3.05, 3.63) is 36.4 Å². The number of hydrogen-bond acceptors (Lipinski definition) is 7. The summed E-state index contributed by atoms with van der Waals surface area (Å²) in [7, 11) is 1.57. The molecule has 7 heteroatoms. The van der Waals surface area contributed by atoms with Gasteiger partial charge < -0.3 is 5.11 Å². The zero-order valence-corrected chi connectivity index (χ0v) is 11.0. The van der Waals surface area contributed by atoms with Crippen molar-refractivity contribution in [3.8, 4) is 5.75 Å². The predicted octanol–water partition coefficient (Wildman–Crippen LogP) is 4.08. The average Bonchev–Trinajstić information content (AvgIpc) is 2.49. The van der Waals surface area contributed by atoms with Crippen LogP contribution in [0.2, 0.25) is 0 Å². The molecule has 0 amide bonds. The first-order valence-electron chi connectivity index (χ1n) is 6.00. The molecule has 102 valence electrons. The van der Waals surface area contributed by atoms with Gasteiger partial charge in [-0.3, -0.25) is 0 Å². The third kappa shape index (κ3) is 3.41. The van der Waals surface area contributed by atoms with Gasteiger partial charge in [-0.05, 0) is 11.5 Å². The summed E-state index contributed by atoms with van der Waals surface area (Å²) in [5.74, 6) is 0.114. The SMILES string of the molecule is CN=NCN=NCN=Nc1ccc2ccccc2c1O. The topological polar surface area (TPSA) is 94.4 Å². The van der Waals surface area contributed by atoms with Gasteiger partial charge >= 0.3 is 0 Å². The summed E-state index contributed by atoms with van der Waals surface area (Å²) in [5, 5.41) is 34.2. The largest absolute Gasteiger partial charge is 0.505 e. The maximum absolute atomic E-state index is 10.1. The summed E-state index contributed by atoms with van der Waals surface area (Å²) in [4.78, 5) is 0. The molecule has 2 rings (SSSR count). The van der Waals surface area contributed by atoms with E-state index in [4.69, 9.17) is 0 Å². The van der Waals surface area contributed by atoms with Crippen molar-refractivity contribution in [1.29, 1.82) is 0 Å². The van der Waals surface area contributed by atoms with Crippen molar-refractivity contribution in [3.63, 3.8) is 0 Å². The molecule has 0 radical (unpaired) electrons. The molecule has 2 aromatic rings. The van der Waals surface area contributed by atoms with Gasteiger partial charge in [0.15, 0.2) is 19.1 Å². The number of benzene rings is 2. The number of fused-ring (bicyclic) bond motifs is 1. The summed E-state index contributed by atoms with van der Waals surface area (Å²) < 4.78 is 0. The molecule has 0 saturated carbocycles. The van der Waals surface area contributed by atoms with Crippen LogP contribution in [-0.4, -0.2) is 25.5 Å². The zero-order chi connectivity index (χ0) is 14.2. The smallest absolute Gasteiger partial charge is 0.171 e. The van der Waals surface area contributed by atoms with Crippen molar-refractivity contribution in [2.24, 2.45) is 30.7 Å². The second-order valence-electron chi connectivity index (χ2n) is 3.80. The molecule has 0 aliphatic carbocycles. The number of phenols is 1. The van der Waals surface area contributed by atoms with E-state index in [2.05, 4.69) is 30.7 Å². The Morgan fingerprint density at radius 2 is 1.65 bits per heavy atom. The molecule has 0 heterocycles. The lowest BCUT2D eigenvalue weighted by Gasteiger charge is -2.02. The fourth-order valence-corrected chi connectivity index (χ4v) is 1.64. The van der Waals surface area contributed by atoms with E-state index in [1.807, 2.05) is 30.3 Å². The minimum atomic E-state index is 0.0888. The quantitative estimate of drug-likeness (QED) is 0.814. The lowest BCUT2D eigenvalue weighted by atomic mass is 10.1. The molecule has 0 unspecified atom stereocenters. The Bertz CT molecular complexity index is 665. The molecule has 0 fully saturated rings. The highest BCUT2D eigenvalue weighted by Gasteiger charge is 2.04. The van der Waals surface area contributed by atoms with Gasteiger partial charge in [-0.25, -0.2) is 0 Å². The molecule has 0 atom stereocenters. The first-order valence-corrected chi connectivity index (χ1v) is 6.00. The number of hydrogen-bond donors (Lipinski definition) is 1. The van der Waals surface area contributed by atoms with Crippen LogP contribution in [-0.2, 0) is 0 Å². The van der Waals surface area contributed by atoms with Gasteiger partial charge in [-0.15, -0.1) is 0 Å². The highest BCUT2D eigenvalue weighted by atomic mass is 16.3. The van der Waals surface area contributed by atoms with E-state index in [0.717, 1.165) is 10.8 Å². The summed E-state index contributed by atoms with van der Waals surface area (Å²) in [6.07, 6.45) is 0. The van der Waals surface area contributed by atoms with E-state index in [-0.39, 0.29) is 19.1 Å². The van der Waals surface area contributed by atoms with Crippen LogP contribution in [0.25, 0.3) is 10.8 Å². The van der Waals surface area contributed by atoms with Crippen molar-refractivity contribution >= 4 is 16.5 Å². The van der Waals surface area contributed by atoms with Crippen LogP contribution in [0.4, 0.5) is 5.69 Å². The van der Waals surface area contributed by atoms with Crippen LogP contribution in [0.5, 0.6) is 5.75 Å². The van der Waals surface area contributed by atoms with E-state index in [1.165, 1.54) is 0 Å². The molecule has 0 aromatic heterocycles. The normalized spacial score (nSPS) is 12.2. The molecule has 0 spiro atoms. The lowest BCUT2D eigenvalue weighted by molar-refractivity contribution is 0.482. The Balaban J connectivity index is 2.06. The van der Waals surface area contributed by atoms with Gasteiger partial charge in [-0.1, -0.05) is 30.3 Å². The number of nitrogens with zero attached hydrogens (tertiary/aromatic N) is 6. The highest BCUT2D eigenvalue weighted by molar-refractivity contribution is 5.92. The van der Waals surface area contributed by atoms with Crippen molar-refractivity contribution in [2.75, 3.05) is 20.4 Å². The predicted molar refractivity (Wildman–Crippen MR) is 75.5 cm³/mol. The van der Waals surface area contributed by atoms with Gasteiger partial charge in [-0.2, -0.15) is 30.7 Å². The third-order valence-corrected chi connectivity index (χ3v) is 2.55. The maximum atomic E-state index is 10.1. The zero-order valence-electron chi connectivity index (χ0n) is 11.0. The van der Waals surface area contributed by atoms with Crippen LogP contribution >= 0.6 is 0 Å². The Labute approximate surface area is 115 Å². The van der Waals surface area contributed by atoms with E-state index in [9.17, 15) is 5.11 Å². The summed E-state index contributed by atoms with van der Waals surface area (Å²) in [5.41, 5.74) is 0.409. The van der Waals surface area contributed by atoms with Crippen molar-refractivity contribution in [1.82, 2.24) is 0 Å².